The molecule has 2 aromatic carbocycles. The lowest BCUT2D eigenvalue weighted by atomic mass is 9.72. The van der Waals surface area contributed by atoms with Crippen molar-refractivity contribution in [3.63, 3.8) is 0 Å². The van der Waals surface area contributed by atoms with Gasteiger partial charge in [-0.15, -0.1) is 0 Å². The molecule has 1 saturated heterocycles. The third-order valence-corrected chi connectivity index (χ3v) is 13.0. The number of allylic oxidation sites excluding steroid dienone is 1. The van der Waals surface area contributed by atoms with E-state index in [1.54, 1.807) is 19.2 Å². The van der Waals surface area contributed by atoms with E-state index < -0.39 is 54.2 Å². The van der Waals surface area contributed by atoms with E-state index in [-0.39, 0.29) is 35.8 Å². The summed E-state index contributed by atoms with van der Waals surface area (Å²) < 4.78 is 13.4. The van der Waals surface area contributed by atoms with Crippen molar-refractivity contribution in [2.24, 2.45) is 16.3 Å². The zero-order valence-electron chi connectivity index (χ0n) is 32.6. The minimum atomic E-state index is -2.26. The predicted molar refractivity (Wildman–Crippen MR) is 209 cm³/mol. The number of aryl methyl sites for hydroxylation is 1. The summed E-state index contributed by atoms with van der Waals surface area (Å²) in [5, 5.41) is 66.8. The summed E-state index contributed by atoms with van der Waals surface area (Å²) >= 11 is 0. The number of phenolic OH excluding ortho intramolecular Hbond substituents is 1. The molecule has 4 aliphatic heterocycles. The first kappa shape index (κ1) is 40.3. The number of quaternary nitrogens is 1. The molecule has 5 aliphatic rings. The summed E-state index contributed by atoms with van der Waals surface area (Å²) in [6.45, 7) is 3.13. The Hall–Kier alpha value is -4.45. The maximum Gasteiger partial charge on any atom is 0.226 e. The van der Waals surface area contributed by atoms with Crippen molar-refractivity contribution in [1.29, 1.82) is 0 Å². The minimum Gasteiger partial charge on any atom is -0.508 e. The van der Waals surface area contributed by atoms with Gasteiger partial charge >= 0.3 is 0 Å². The number of fused-ring (bicyclic) bond motifs is 3. The molecule has 15 nitrogen and oxygen atoms in total. The van der Waals surface area contributed by atoms with Gasteiger partial charge in [0.1, 0.15) is 72.2 Å². The number of rotatable bonds is 14. The van der Waals surface area contributed by atoms with Crippen LogP contribution >= 0.6 is 0 Å². The summed E-state index contributed by atoms with van der Waals surface area (Å²) in [5.41, 5.74) is 0.0557. The van der Waals surface area contributed by atoms with Crippen LogP contribution in [0.3, 0.4) is 0 Å². The maximum atomic E-state index is 13.5. The van der Waals surface area contributed by atoms with Gasteiger partial charge in [0.25, 0.3) is 0 Å². The Morgan fingerprint density at radius 1 is 1.12 bits per heavy atom. The second-order valence-corrected chi connectivity index (χ2v) is 16.9. The molecule has 8 N–H and O–H groups in total. The van der Waals surface area contributed by atoms with Gasteiger partial charge in [-0.2, -0.15) is 0 Å². The molecule has 58 heavy (non-hydrogen) atoms. The van der Waals surface area contributed by atoms with E-state index in [9.17, 15) is 40.2 Å². The highest BCUT2D eigenvalue weighted by Gasteiger charge is 2.54. The summed E-state index contributed by atoms with van der Waals surface area (Å²) in [6, 6.07) is 9.06. The Morgan fingerprint density at radius 3 is 2.60 bits per heavy atom. The van der Waals surface area contributed by atoms with E-state index in [1.165, 1.54) is 30.3 Å². The molecule has 1 unspecified atom stereocenters. The first-order chi connectivity index (χ1) is 27.7. The Bertz CT molecular complexity index is 2210. The molecular formula is C43H52N3O12+. The Balaban J connectivity index is 1.14. The molecule has 0 radical (unpaired) electrons. The second-order valence-electron chi connectivity index (χ2n) is 16.9. The fourth-order valence-electron chi connectivity index (χ4n) is 9.62. The SMILES string of the molecule is Cc1cc(=O)c2cc3c(c([NH+]4C=C5C=CN=C5C4)c2o1)O[C@](C)(CC[C@@H]1CNC(=O)C12CCCC2)[C@H](OOC[C@@](O)(Cc1ccc(O)cc1)[C@@H](O)[C@H](O)[C@H](O)CO)C3. The molecule has 2 fully saturated rings. The van der Waals surface area contributed by atoms with Crippen LogP contribution in [0.5, 0.6) is 11.5 Å². The number of phenols is 1. The van der Waals surface area contributed by atoms with Gasteiger partial charge in [0.05, 0.1) is 23.0 Å². The average molecular weight is 803 g/mol. The number of hydrogen-bond acceptors (Lipinski definition) is 13. The average Bonchev–Trinajstić information content (AvgIpc) is 4.01. The van der Waals surface area contributed by atoms with Crippen molar-refractivity contribution >= 4 is 28.3 Å². The number of aromatic hydroxyl groups is 1. The third-order valence-electron chi connectivity index (χ3n) is 13.0. The van der Waals surface area contributed by atoms with Crippen LogP contribution in [0.25, 0.3) is 11.0 Å². The number of nitrogens with zero attached hydrogens (tertiary/aromatic N) is 1. The number of benzene rings is 2. The van der Waals surface area contributed by atoms with Gasteiger partial charge in [-0.1, -0.05) is 25.0 Å². The molecule has 3 aromatic rings. The number of carbonyl (C=O) groups excluding carboxylic acids is 1. The number of nitrogens with one attached hydrogen (secondary N) is 2. The predicted octanol–water partition coefficient (Wildman–Crippen LogP) is 1.34. The van der Waals surface area contributed by atoms with Crippen molar-refractivity contribution < 1.29 is 59.3 Å². The van der Waals surface area contributed by atoms with E-state index in [2.05, 4.69) is 10.3 Å². The van der Waals surface area contributed by atoms with Crippen molar-refractivity contribution in [1.82, 2.24) is 5.32 Å². The fourth-order valence-corrected chi connectivity index (χ4v) is 9.62. The van der Waals surface area contributed by atoms with Gasteiger partial charge in [0.2, 0.25) is 17.2 Å². The number of aliphatic hydroxyl groups excluding tert-OH is 4. The molecule has 15 heteroatoms. The van der Waals surface area contributed by atoms with Gasteiger partial charge in [0, 0.05) is 37.2 Å². The molecule has 1 saturated carbocycles. The lowest BCUT2D eigenvalue weighted by Gasteiger charge is -2.43. The van der Waals surface area contributed by atoms with Crippen molar-refractivity contribution in [3.8, 4) is 11.5 Å². The highest BCUT2D eigenvalue weighted by Crippen LogP contribution is 2.51. The third kappa shape index (κ3) is 7.28. The van der Waals surface area contributed by atoms with Gasteiger partial charge in [-0.05, 0) is 75.3 Å². The zero-order chi connectivity index (χ0) is 41.0. The molecule has 8 rings (SSSR count). The molecular weight excluding hydrogens is 750 g/mol. The van der Waals surface area contributed by atoms with Crippen LogP contribution in [-0.4, -0.2) is 104 Å². The van der Waals surface area contributed by atoms with Crippen molar-refractivity contribution in [2.75, 3.05) is 26.3 Å². The summed E-state index contributed by atoms with van der Waals surface area (Å²) in [4.78, 5) is 44.2. The number of carbonyl (C=O) groups is 1. The Labute approximate surface area is 334 Å². The summed E-state index contributed by atoms with van der Waals surface area (Å²) in [6.07, 6.45) is 3.74. The Morgan fingerprint density at radius 2 is 1.88 bits per heavy atom. The van der Waals surface area contributed by atoms with Crippen LogP contribution in [0, 0.1) is 18.3 Å². The van der Waals surface area contributed by atoms with E-state index in [4.69, 9.17) is 18.9 Å². The van der Waals surface area contributed by atoms with Crippen LogP contribution < -0.4 is 20.4 Å². The van der Waals surface area contributed by atoms with E-state index in [0.29, 0.717) is 65.2 Å². The smallest absolute Gasteiger partial charge is 0.226 e. The molecule has 8 atom stereocenters. The van der Waals surface area contributed by atoms with Crippen molar-refractivity contribution in [3.05, 3.63) is 87.6 Å². The lowest BCUT2D eigenvalue weighted by Crippen LogP contribution is -3.01. The van der Waals surface area contributed by atoms with E-state index >= 15 is 0 Å². The lowest BCUT2D eigenvalue weighted by molar-refractivity contribution is -0.759. The van der Waals surface area contributed by atoms with Crippen molar-refractivity contribution in [2.45, 2.75) is 101 Å². The monoisotopic (exact) mass is 802 g/mol. The normalized spacial score (nSPS) is 27.1. The first-order valence-corrected chi connectivity index (χ1v) is 20.1. The number of hydrogen-bond donors (Lipinski definition) is 8. The van der Waals surface area contributed by atoms with E-state index in [1.807, 2.05) is 19.2 Å². The largest absolute Gasteiger partial charge is 0.508 e. The fraction of sp³-hybridized carbons (Fsp3) is 0.512. The summed E-state index contributed by atoms with van der Waals surface area (Å²) in [7, 11) is 0. The topological polar surface area (TPSA) is 225 Å². The first-order valence-electron chi connectivity index (χ1n) is 20.1. The van der Waals surface area contributed by atoms with Crippen LogP contribution in [0.2, 0.25) is 0 Å². The molecule has 1 amide bonds. The molecule has 0 bridgehead atoms. The van der Waals surface area contributed by atoms with Gasteiger partial charge in [-0.3, -0.25) is 19.5 Å². The maximum absolute atomic E-state index is 13.5. The van der Waals surface area contributed by atoms with Gasteiger partial charge < -0.3 is 45.1 Å². The number of ether oxygens (including phenoxy) is 1. The van der Waals surface area contributed by atoms with Crippen LogP contribution in [-0.2, 0) is 27.4 Å². The second kappa shape index (κ2) is 15.6. The van der Waals surface area contributed by atoms with Crippen LogP contribution in [0.15, 0.2) is 74.7 Å². The van der Waals surface area contributed by atoms with E-state index in [0.717, 1.165) is 41.9 Å². The van der Waals surface area contributed by atoms with Gasteiger partial charge in [0.15, 0.2) is 11.2 Å². The van der Waals surface area contributed by atoms with Crippen LogP contribution in [0.4, 0.5) is 5.69 Å². The zero-order valence-corrected chi connectivity index (χ0v) is 32.6. The molecule has 1 spiro atoms. The van der Waals surface area contributed by atoms with Gasteiger partial charge in [-0.25, -0.2) is 9.78 Å². The van der Waals surface area contributed by atoms with Crippen LogP contribution in [0.1, 0.15) is 62.3 Å². The quantitative estimate of drug-likeness (QED) is 0.0855. The molecule has 1 aromatic heterocycles. The highest BCUT2D eigenvalue weighted by atomic mass is 17.2. The number of aliphatic imine (C=N–C) groups is 1. The minimum absolute atomic E-state index is 0.0168. The molecule has 5 heterocycles. The Kier molecular flexibility index (Phi) is 10.9. The summed E-state index contributed by atoms with van der Waals surface area (Å²) in [5.74, 6) is 1.13. The number of amides is 1. The molecule has 310 valence electrons. The highest BCUT2D eigenvalue weighted by molar-refractivity contribution is 6.07. The molecule has 1 aliphatic carbocycles. The standard InChI is InChI=1S/C43H51N3O12/c1-24-15-32(49)30-16-27-17-34(58-55-23-43(54,39(52)36(51)33(50)22-47)18-25-5-7-29(48)8-6-25)41(2,13-9-28-19-45-40(53)42(28)11-3-4-12-42)57-37(27)35(38(30)56-24)46-20-26-10-14-44-31(26)21-46/h5-8,10,14-16,20,28,33-34,36,39,47-48,50-52,54H,3-4,9,11-13,17-19,21-23H2,1-2H3,(H,45,53)/p+1/t28-,33-,34-,36-,39+,41-,43+/m1/s1. The number of aliphatic hydroxyl groups is 5.